The molecule has 0 bridgehead atoms. The molecule has 0 saturated heterocycles. The third kappa shape index (κ3) is 5.05. The Morgan fingerprint density at radius 2 is 2.05 bits per heavy atom. The highest BCUT2D eigenvalue weighted by Crippen LogP contribution is 2.29. The van der Waals surface area contributed by atoms with Gasteiger partial charge in [0.15, 0.2) is 0 Å². The van der Waals surface area contributed by atoms with Crippen molar-refractivity contribution in [3.8, 4) is 0 Å². The van der Waals surface area contributed by atoms with Crippen molar-refractivity contribution in [1.29, 1.82) is 0 Å². The molecule has 1 saturated carbocycles. The van der Waals surface area contributed by atoms with Gasteiger partial charge in [-0.3, -0.25) is 4.79 Å². The summed E-state index contributed by atoms with van der Waals surface area (Å²) >= 11 is 0. The maximum atomic E-state index is 11.9. The summed E-state index contributed by atoms with van der Waals surface area (Å²) in [6.45, 7) is 0.935. The van der Waals surface area contributed by atoms with Gasteiger partial charge < -0.3 is 16.2 Å². The molecule has 1 fully saturated rings. The van der Waals surface area contributed by atoms with E-state index >= 15 is 0 Å². The normalized spacial score (nSPS) is 22.0. The number of hydrogen-bond donors (Lipinski definition) is 3. The first-order valence-corrected chi connectivity index (χ1v) is 7.91. The molecule has 2 atom stereocenters. The van der Waals surface area contributed by atoms with Crippen LogP contribution in [0.2, 0.25) is 0 Å². The van der Waals surface area contributed by atoms with Crippen LogP contribution in [0.4, 0.5) is 5.69 Å². The molecule has 4 nitrogen and oxygen atoms in total. The number of aryl methyl sites for hydroxylation is 1. The maximum Gasteiger partial charge on any atom is 0.220 e. The van der Waals surface area contributed by atoms with E-state index in [1.54, 1.807) is 0 Å². The van der Waals surface area contributed by atoms with Crippen LogP contribution in [0, 0.1) is 11.8 Å². The molecule has 1 aromatic carbocycles. The molecule has 1 amide bonds. The molecule has 21 heavy (non-hydrogen) atoms. The quantitative estimate of drug-likeness (QED) is 0.702. The van der Waals surface area contributed by atoms with E-state index in [2.05, 4.69) is 5.32 Å². The van der Waals surface area contributed by atoms with Crippen molar-refractivity contribution >= 4 is 11.6 Å². The highest BCUT2D eigenvalue weighted by Gasteiger charge is 2.24. The number of nitrogens with one attached hydrogen (secondary N) is 1. The van der Waals surface area contributed by atoms with Gasteiger partial charge in [-0.1, -0.05) is 25.0 Å². The first kappa shape index (κ1) is 15.8. The number of rotatable bonds is 6. The lowest BCUT2D eigenvalue weighted by Gasteiger charge is -2.30. The minimum Gasteiger partial charge on any atom is -0.399 e. The Kier molecular flexibility index (Phi) is 6.05. The molecule has 2 rings (SSSR count). The molecule has 0 aromatic heterocycles. The molecule has 4 N–H and O–H groups in total. The number of carbonyl (C=O) groups excluding carboxylic acids is 1. The molecule has 2 unspecified atom stereocenters. The lowest BCUT2D eigenvalue weighted by Crippen LogP contribution is -2.35. The fraction of sp³-hybridized carbons (Fsp3) is 0.588. The number of benzene rings is 1. The van der Waals surface area contributed by atoms with Gasteiger partial charge in [0.25, 0.3) is 0 Å². The average molecular weight is 290 g/mol. The van der Waals surface area contributed by atoms with Crippen molar-refractivity contribution in [1.82, 2.24) is 5.32 Å². The Labute approximate surface area is 126 Å². The molecule has 0 aliphatic heterocycles. The Bertz CT molecular complexity index is 462. The third-order valence-corrected chi connectivity index (χ3v) is 4.45. The average Bonchev–Trinajstić information content (AvgIpc) is 2.51. The fourth-order valence-electron chi connectivity index (χ4n) is 3.13. The van der Waals surface area contributed by atoms with Crippen molar-refractivity contribution < 1.29 is 9.90 Å². The van der Waals surface area contributed by atoms with Crippen LogP contribution in [-0.2, 0) is 11.2 Å². The van der Waals surface area contributed by atoms with E-state index in [1.165, 1.54) is 12.8 Å². The number of hydrogen-bond acceptors (Lipinski definition) is 3. The number of nitrogens with two attached hydrogens (primary N) is 1. The minimum absolute atomic E-state index is 0.0830. The van der Waals surface area contributed by atoms with Crippen molar-refractivity contribution in [2.24, 2.45) is 11.8 Å². The predicted octanol–water partition coefficient (Wildman–Crippen LogP) is 2.12. The van der Waals surface area contributed by atoms with E-state index in [4.69, 9.17) is 5.73 Å². The Balaban J connectivity index is 1.72. The monoisotopic (exact) mass is 290 g/mol. The van der Waals surface area contributed by atoms with E-state index in [9.17, 15) is 9.90 Å². The number of aliphatic hydroxyl groups excluding tert-OH is 1. The number of amides is 1. The summed E-state index contributed by atoms with van der Waals surface area (Å²) in [4.78, 5) is 11.9. The Morgan fingerprint density at radius 3 is 2.76 bits per heavy atom. The van der Waals surface area contributed by atoms with E-state index in [-0.39, 0.29) is 12.5 Å². The van der Waals surface area contributed by atoms with E-state index in [0.29, 0.717) is 31.2 Å². The summed E-state index contributed by atoms with van der Waals surface area (Å²) in [5.74, 6) is 0.868. The number of carbonyl (C=O) groups is 1. The van der Waals surface area contributed by atoms with Gasteiger partial charge in [-0.05, 0) is 48.8 Å². The lowest BCUT2D eigenvalue weighted by atomic mass is 9.79. The second kappa shape index (κ2) is 8.03. The summed E-state index contributed by atoms with van der Waals surface area (Å²) < 4.78 is 0. The largest absolute Gasteiger partial charge is 0.399 e. The molecule has 1 aliphatic rings. The Morgan fingerprint density at radius 1 is 1.29 bits per heavy atom. The van der Waals surface area contributed by atoms with Gasteiger partial charge in [-0.15, -0.1) is 0 Å². The molecule has 4 heteroatoms. The number of anilines is 1. The van der Waals surface area contributed by atoms with E-state index < -0.39 is 0 Å². The van der Waals surface area contributed by atoms with Gasteiger partial charge in [0, 0.05) is 25.3 Å². The van der Waals surface area contributed by atoms with Gasteiger partial charge in [0.2, 0.25) is 5.91 Å². The summed E-state index contributed by atoms with van der Waals surface area (Å²) in [5.41, 5.74) is 7.56. The summed E-state index contributed by atoms with van der Waals surface area (Å²) in [5, 5.41) is 12.4. The molecular formula is C17H26N2O2. The molecule has 116 valence electrons. The standard InChI is InChI=1S/C17H26N2O2/c18-16-7-3-4-13(10-16)8-9-17(21)19-11-14-5-1-2-6-15(14)12-20/h3-4,7,10,14-15,20H,1-2,5-6,8-9,11-12,18H2,(H,19,21). The first-order chi connectivity index (χ1) is 10.2. The smallest absolute Gasteiger partial charge is 0.220 e. The van der Waals surface area contributed by atoms with Gasteiger partial charge >= 0.3 is 0 Å². The van der Waals surface area contributed by atoms with Crippen LogP contribution in [0.1, 0.15) is 37.7 Å². The van der Waals surface area contributed by atoms with Gasteiger partial charge in [0.1, 0.15) is 0 Å². The van der Waals surface area contributed by atoms with Crippen LogP contribution in [-0.4, -0.2) is 24.2 Å². The second-order valence-electron chi connectivity index (χ2n) is 6.04. The van der Waals surface area contributed by atoms with Crippen LogP contribution < -0.4 is 11.1 Å². The van der Waals surface area contributed by atoms with Gasteiger partial charge in [0.05, 0.1) is 0 Å². The van der Waals surface area contributed by atoms with Crippen molar-refractivity contribution in [3.63, 3.8) is 0 Å². The minimum atomic E-state index is 0.0830. The summed E-state index contributed by atoms with van der Waals surface area (Å²) in [6.07, 6.45) is 5.80. The second-order valence-corrected chi connectivity index (χ2v) is 6.04. The Hall–Kier alpha value is -1.55. The topological polar surface area (TPSA) is 75.4 Å². The maximum absolute atomic E-state index is 11.9. The molecule has 1 aromatic rings. The highest BCUT2D eigenvalue weighted by molar-refractivity contribution is 5.76. The molecule has 1 aliphatic carbocycles. The van der Waals surface area contributed by atoms with Crippen molar-refractivity contribution in [2.45, 2.75) is 38.5 Å². The fourth-order valence-corrected chi connectivity index (χ4v) is 3.13. The number of aliphatic hydroxyl groups is 1. The van der Waals surface area contributed by atoms with Crippen LogP contribution >= 0.6 is 0 Å². The SMILES string of the molecule is Nc1cccc(CCC(=O)NCC2CCCCC2CO)c1. The summed E-state index contributed by atoms with van der Waals surface area (Å²) in [6, 6.07) is 7.67. The molecule has 0 heterocycles. The van der Waals surface area contributed by atoms with Crippen LogP contribution in [0.25, 0.3) is 0 Å². The number of nitrogen functional groups attached to an aromatic ring is 1. The summed E-state index contributed by atoms with van der Waals surface area (Å²) in [7, 11) is 0. The van der Waals surface area contributed by atoms with Gasteiger partial charge in [-0.25, -0.2) is 0 Å². The first-order valence-electron chi connectivity index (χ1n) is 7.91. The van der Waals surface area contributed by atoms with E-state index in [1.807, 2.05) is 24.3 Å². The molecule has 0 radical (unpaired) electrons. The van der Waals surface area contributed by atoms with Crippen LogP contribution in [0.5, 0.6) is 0 Å². The highest BCUT2D eigenvalue weighted by atomic mass is 16.3. The van der Waals surface area contributed by atoms with Crippen LogP contribution in [0.3, 0.4) is 0 Å². The zero-order valence-electron chi connectivity index (χ0n) is 12.6. The molecular weight excluding hydrogens is 264 g/mol. The van der Waals surface area contributed by atoms with Crippen molar-refractivity contribution in [3.05, 3.63) is 29.8 Å². The van der Waals surface area contributed by atoms with Crippen molar-refractivity contribution in [2.75, 3.05) is 18.9 Å². The zero-order valence-corrected chi connectivity index (χ0v) is 12.6. The van der Waals surface area contributed by atoms with Gasteiger partial charge in [-0.2, -0.15) is 0 Å². The van der Waals surface area contributed by atoms with Crippen LogP contribution in [0.15, 0.2) is 24.3 Å². The lowest BCUT2D eigenvalue weighted by molar-refractivity contribution is -0.121. The predicted molar refractivity (Wildman–Crippen MR) is 84.7 cm³/mol. The van der Waals surface area contributed by atoms with E-state index in [0.717, 1.165) is 24.1 Å². The zero-order chi connectivity index (χ0) is 15.1. The third-order valence-electron chi connectivity index (χ3n) is 4.45. The molecule has 0 spiro atoms.